The van der Waals surface area contributed by atoms with E-state index in [9.17, 15) is 14.0 Å². The summed E-state index contributed by atoms with van der Waals surface area (Å²) in [6.45, 7) is -0.479. The third-order valence-corrected chi connectivity index (χ3v) is 2.09. The van der Waals surface area contributed by atoms with Crippen molar-refractivity contribution in [2.75, 3.05) is 11.9 Å². The largest absolute Gasteiger partial charge is 0.479 e. The van der Waals surface area contributed by atoms with Crippen LogP contribution in [0, 0.1) is 17.1 Å². The first-order chi connectivity index (χ1) is 8.93. The summed E-state index contributed by atoms with van der Waals surface area (Å²) in [5.41, 5.74) is -0.0661. The molecule has 1 rings (SSSR count). The molecule has 2 amide bonds. The number of anilines is 1. The van der Waals surface area contributed by atoms with Crippen LogP contribution >= 0.6 is 0 Å². The van der Waals surface area contributed by atoms with Gasteiger partial charge in [0, 0.05) is 5.69 Å². The van der Waals surface area contributed by atoms with Crippen LogP contribution in [0.3, 0.4) is 0 Å². The molecule has 0 heterocycles. The summed E-state index contributed by atoms with van der Waals surface area (Å²) in [6.07, 6.45) is -1.71. The Balaban J connectivity index is 2.58. The van der Waals surface area contributed by atoms with Gasteiger partial charge in [0.15, 0.2) is 6.10 Å². The Morgan fingerprint density at radius 3 is 2.74 bits per heavy atom. The van der Waals surface area contributed by atoms with Crippen molar-refractivity contribution in [1.29, 1.82) is 5.26 Å². The summed E-state index contributed by atoms with van der Waals surface area (Å²) in [4.78, 5) is 21.6. The van der Waals surface area contributed by atoms with E-state index in [1.54, 1.807) is 6.07 Å². The molecule has 100 valence electrons. The summed E-state index contributed by atoms with van der Waals surface area (Å²) in [6, 6.07) is 4.21. The predicted molar refractivity (Wildman–Crippen MR) is 61.8 cm³/mol. The number of hydrogen-bond donors (Lipinski definition) is 4. The maximum atomic E-state index is 13.0. The number of rotatable bonds is 4. The highest BCUT2D eigenvalue weighted by molar-refractivity contribution is 5.89. The summed E-state index contributed by atoms with van der Waals surface area (Å²) >= 11 is 0. The highest BCUT2D eigenvalue weighted by Crippen LogP contribution is 2.13. The second-order valence-corrected chi connectivity index (χ2v) is 3.50. The number of amides is 2. The molecule has 4 N–H and O–H groups in total. The summed E-state index contributed by atoms with van der Waals surface area (Å²) in [7, 11) is 0. The zero-order valence-electron chi connectivity index (χ0n) is 9.55. The molecule has 0 fully saturated rings. The van der Waals surface area contributed by atoms with Crippen molar-refractivity contribution >= 4 is 17.7 Å². The fraction of sp³-hybridized carbons (Fsp3) is 0.182. The molecule has 0 aromatic heterocycles. The second kappa shape index (κ2) is 6.32. The van der Waals surface area contributed by atoms with Gasteiger partial charge in [-0.25, -0.2) is 14.0 Å². The lowest BCUT2D eigenvalue weighted by molar-refractivity contribution is -0.146. The lowest BCUT2D eigenvalue weighted by Gasteiger charge is -2.09. The first-order valence-corrected chi connectivity index (χ1v) is 5.09. The molecule has 0 bridgehead atoms. The van der Waals surface area contributed by atoms with Gasteiger partial charge in [-0.15, -0.1) is 0 Å². The molecule has 8 heteroatoms. The number of halogens is 1. The molecule has 0 radical (unpaired) electrons. The number of carboxylic acid groups (broad SMARTS) is 1. The molecule has 0 spiro atoms. The minimum atomic E-state index is -1.71. The average molecular weight is 267 g/mol. The minimum absolute atomic E-state index is 0.167. The number of carbonyl (C=O) groups excluding carboxylic acids is 1. The van der Waals surface area contributed by atoms with E-state index in [0.29, 0.717) is 0 Å². The zero-order valence-corrected chi connectivity index (χ0v) is 9.55. The molecule has 1 aromatic rings. The molecular weight excluding hydrogens is 257 g/mol. The van der Waals surface area contributed by atoms with E-state index in [2.05, 4.69) is 10.6 Å². The number of aliphatic hydroxyl groups is 1. The molecule has 0 saturated carbocycles. The highest BCUT2D eigenvalue weighted by Gasteiger charge is 2.14. The third kappa shape index (κ3) is 4.25. The van der Waals surface area contributed by atoms with Gasteiger partial charge in [-0.2, -0.15) is 5.26 Å². The normalized spacial score (nSPS) is 11.2. The van der Waals surface area contributed by atoms with Crippen molar-refractivity contribution < 1.29 is 24.2 Å². The van der Waals surface area contributed by atoms with Crippen LogP contribution in [-0.2, 0) is 4.79 Å². The van der Waals surface area contributed by atoms with Gasteiger partial charge in [0.2, 0.25) is 0 Å². The Morgan fingerprint density at radius 2 is 2.16 bits per heavy atom. The number of nitrogens with one attached hydrogen (secondary N) is 2. The van der Waals surface area contributed by atoms with E-state index in [1.807, 2.05) is 0 Å². The number of aliphatic hydroxyl groups excluding tert-OH is 1. The van der Waals surface area contributed by atoms with E-state index in [0.717, 1.165) is 12.1 Å². The Hall–Kier alpha value is -2.66. The Morgan fingerprint density at radius 1 is 1.47 bits per heavy atom. The standard InChI is InChI=1S/C11H10FN3O4/c12-8-2-1-7(3-6(8)4-13)15-11(19)14-5-9(16)10(17)18/h1-3,9,16H,5H2,(H,17,18)(H2,14,15,19). The quantitative estimate of drug-likeness (QED) is 0.623. The predicted octanol–water partition coefficient (Wildman–Crippen LogP) is 0.264. The molecular formula is C11H10FN3O4. The van der Waals surface area contributed by atoms with Gasteiger partial charge in [-0.3, -0.25) is 0 Å². The van der Waals surface area contributed by atoms with Crippen molar-refractivity contribution in [2.45, 2.75) is 6.10 Å². The molecule has 1 atom stereocenters. The molecule has 19 heavy (non-hydrogen) atoms. The second-order valence-electron chi connectivity index (χ2n) is 3.50. The number of carboxylic acids is 1. The molecule has 1 aromatic carbocycles. The van der Waals surface area contributed by atoms with Crippen LogP contribution < -0.4 is 10.6 Å². The fourth-order valence-electron chi connectivity index (χ4n) is 1.14. The van der Waals surface area contributed by atoms with Crippen LogP contribution in [-0.4, -0.2) is 34.9 Å². The number of urea groups is 1. The summed E-state index contributed by atoms with van der Waals surface area (Å²) in [5, 5.41) is 30.3. The molecule has 0 aliphatic rings. The van der Waals surface area contributed by atoms with Gasteiger partial charge in [0.1, 0.15) is 11.9 Å². The monoisotopic (exact) mass is 267 g/mol. The Labute approximate surface area is 107 Å². The maximum absolute atomic E-state index is 13.0. The van der Waals surface area contributed by atoms with E-state index in [4.69, 9.17) is 15.5 Å². The number of carbonyl (C=O) groups is 2. The van der Waals surface area contributed by atoms with E-state index in [1.165, 1.54) is 6.07 Å². The van der Waals surface area contributed by atoms with E-state index < -0.39 is 30.5 Å². The van der Waals surface area contributed by atoms with Crippen LogP contribution in [0.15, 0.2) is 18.2 Å². The van der Waals surface area contributed by atoms with Gasteiger partial charge in [-0.05, 0) is 18.2 Å². The smallest absolute Gasteiger partial charge is 0.334 e. The number of hydrogen-bond acceptors (Lipinski definition) is 4. The zero-order chi connectivity index (χ0) is 14.4. The maximum Gasteiger partial charge on any atom is 0.334 e. The van der Waals surface area contributed by atoms with Gasteiger partial charge >= 0.3 is 12.0 Å². The van der Waals surface area contributed by atoms with Gasteiger partial charge in [0.05, 0.1) is 12.1 Å². The lowest BCUT2D eigenvalue weighted by Crippen LogP contribution is -2.38. The molecule has 0 saturated heterocycles. The summed E-state index contributed by atoms with van der Waals surface area (Å²) < 4.78 is 13.0. The van der Waals surface area contributed by atoms with Crippen molar-refractivity contribution in [2.24, 2.45) is 0 Å². The third-order valence-electron chi connectivity index (χ3n) is 2.09. The van der Waals surface area contributed by atoms with E-state index in [-0.39, 0.29) is 11.3 Å². The van der Waals surface area contributed by atoms with Crippen molar-refractivity contribution in [3.8, 4) is 6.07 Å². The first kappa shape index (κ1) is 14.4. The minimum Gasteiger partial charge on any atom is -0.479 e. The average Bonchev–Trinajstić information content (AvgIpc) is 2.38. The number of aliphatic carboxylic acids is 1. The van der Waals surface area contributed by atoms with Crippen LogP contribution in [0.5, 0.6) is 0 Å². The highest BCUT2D eigenvalue weighted by atomic mass is 19.1. The SMILES string of the molecule is N#Cc1cc(NC(=O)NCC(O)C(=O)O)ccc1F. The number of benzene rings is 1. The van der Waals surface area contributed by atoms with Crippen molar-refractivity contribution in [3.05, 3.63) is 29.6 Å². The van der Waals surface area contributed by atoms with Crippen molar-refractivity contribution in [1.82, 2.24) is 5.32 Å². The van der Waals surface area contributed by atoms with Gasteiger partial charge in [0.25, 0.3) is 0 Å². The molecule has 1 unspecified atom stereocenters. The number of nitriles is 1. The number of nitrogens with zero attached hydrogens (tertiary/aromatic N) is 1. The molecule has 0 aliphatic carbocycles. The fourth-order valence-corrected chi connectivity index (χ4v) is 1.14. The van der Waals surface area contributed by atoms with Crippen LogP contribution in [0.1, 0.15) is 5.56 Å². The topological polar surface area (TPSA) is 122 Å². The van der Waals surface area contributed by atoms with E-state index >= 15 is 0 Å². The Kier molecular flexibility index (Phi) is 4.79. The summed E-state index contributed by atoms with van der Waals surface area (Å²) in [5.74, 6) is -2.18. The first-order valence-electron chi connectivity index (χ1n) is 5.09. The lowest BCUT2D eigenvalue weighted by atomic mass is 10.2. The van der Waals surface area contributed by atoms with Crippen LogP contribution in [0.2, 0.25) is 0 Å². The Bertz CT molecular complexity index is 541. The van der Waals surface area contributed by atoms with Gasteiger partial charge < -0.3 is 20.8 Å². The molecule has 0 aliphatic heterocycles. The van der Waals surface area contributed by atoms with Crippen LogP contribution in [0.4, 0.5) is 14.9 Å². The molecule has 7 nitrogen and oxygen atoms in total. The van der Waals surface area contributed by atoms with Crippen LogP contribution in [0.25, 0.3) is 0 Å². The van der Waals surface area contributed by atoms with Crippen molar-refractivity contribution in [3.63, 3.8) is 0 Å². The van der Waals surface area contributed by atoms with Gasteiger partial charge in [-0.1, -0.05) is 0 Å².